The molecule has 1 N–H and O–H groups in total. The predicted octanol–water partition coefficient (Wildman–Crippen LogP) is 1.13. The Labute approximate surface area is 141 Å². The van der Waals surface area contributed by atoms with E-state index in [-0.39, 0.29) is 12.2 Å². The SMILES string of the molecule is O=C(CF)NCn1cc(-c2ccc(N3CCOCC3)c(F)c2)c(=O)o1. The van der Waals surface area contributed by atoms with Crippen molar-refractivity contribution < 1.29 is 22.8 Å². The van der Waals surface area contributed by atoms with Gasteiger partial charge in [0.05, 0.1) is 30.7 Å². The number of carbonyl (C=O) groups excluding carboxylic acids is 1. The summed E-state index contributed by atoms with van der Waals surface area (Å²) in [5.41, 5.74) is 0.292. The van der Waals surface area contributed by atoms with E-state index in [1.807, 2.05) is 4.90 Å². The van der Waals surface area contributed by atoms with Gasteiger partial charge in [-0.25, -0.2) is 13.6 Å². The molecule has 1 aromatic heterocycles. The number of nitrogens with one attached hydrogen (secondary N) is 1. The summed E-state index contributed by atoms with van der Waals surface area (Å²) in [6, 6.07) is 4.50. The topological polar surface area (TPSA) is 76.7 Å². The molecule has 0 atom stereocenters. The van der Waals surface area contributed by atoms with Crippen LogP contribution in [0, 0.1) is 5.82 Å². The van der Waals surface area contributed by atoms with Gasteiger partial charge in [-0.05, 0) is 17.7 Å². The van der Waals surface area contributed by atoms with Crippen LogP contribution in [0.1, 0.15) is 0 Å². The molecule has 1 aliphatic heterocycles. The van der Waals surface area contributed by atoms with Gasteiger partial charge in [0.15, 0.2) is 6.67 Å². The number of amides is 1. The molecular weight excluding hydrogens is 336 g/mol. The van der Waals surface area contributed by atoms with Crippen LogP contribution in [0.15, 0.2) is 33.7 Å². The van der Waals surface area contributed by atoms with Crippen molar-refractivity contribution in [3.63, 3.8) is 0 Å². The van der Waals surface area contributed by atoms with Crippen molar-refractivity contribution in [2.75, 3.05) is 37.9 Å². The molecule has 9 heteroatoms. The van der Waals surface area contributed by atoms with E-state index in [9.17, 15) is 18.4 Å². The Morgan fingerprint density at radius 1 is 1.28 bits per heavy atom. The van der Waals surface area contributed by atoms with E-state index in [0.29, 0.717) is 37.6 Å². The third kappa shape index (κ3) is 3.87. The second-order valence-corrected chi connectivity index (χ2v) is 5.50. The molecule has 7 nitrogen and oxygen atoms in total. The van der Waals surface area contributed by atoms with Crippen LogP contribution in [0.5, 0.6) is 0 Å². The van der Waals surface area contributed by atoms with Gasteiger partial charge in [0, 0.05) is 13.1 Å². The van der Waals surface area contributed by atoms with Crippen molar-refractivity contribution in [2.24, 2.45) is 0 Å². The zero-order chi connectivity index (χ0) is 17.8. The molecule has 2 heterocycles. The van der Waals surface area contributed by atoms with Crippen LogP contribution in [-0.2, 0) is 16.2 Å². The van der Waals surface area contributed by atoms with Crippen molar-refractivity contribution in [1.82, 2.24) is 10.1 Å². The molecule has 0 radical (unpaired) electrons. The number of hydrogen-bond acceptors (Lipinski definition) is 5. The third-order valence-electron chi connectivity index (χ3n) is 3.86. The number of ether oxygens (including phenoxy) is 1. The van der Waals surface area contributed by atoms with E-state index in [4.69, 9.17) is 9.26 Å². The maximum atomic E-state index is 14.4. The van der Waals surface area contributed by atoms with Gasteiger partial charge in [-0.2, -0.15) is 4.74 Å². The van der Waals surface area contributed by atoms with Gasteiger partial charge < -0.3 is 19.5 Å². The van der Waals surface area contributed by atoms with E-state index in [0.717, 1.165) is 4.74 Å². The van der Waals surface area contributed by atoms with Crippen molar-refractivity contribution in [2.45, 2.75) is 6.67 Å². The summed E-state index contributed by atoms with van der Waals surface area (Å²) in [4.78, 5) is 24.7. The highest BCUT2D eigenvalue weighted by atomic mass is 19.1. The lowest BCUT2D eigenvalue weighted by Gasteiger charge is -2.29. The molecule has 1 aromatic carbocycles. The minimum atomic E-state index is -1.16. The van der Waals surface area contributed by atoms with Gasteiger partial charge in [-0.3, -0.25) is 4.79 Å². The van der Waals surface area contributed by atoms with Crippen LogP contribution in [0.3, 0.4) is 0 Å². The van der Waals surface area contributed by atoms with E-state index in [1.54, 1.807) is 12.1 Å². The highest BCUT2D eigenvalue weighted by Gasteiger charge is 2.17. The molecule has 0 unspecified atom stereocenters. The second kappa shape index (κ2) is 7.47. The van der Waals surface area contributed by atoms with Gasteiger partial charge in [-0.1, -0.05) is 6.07 Å². The Kier molecular flexibility index (Phi) is 5.13. The maximum Gasteiger partial charge on any atom is 0.365 e. The molecule has 1 amide bonds. The van der Waals surface area contributed by atoms with Crippen LogP contribution < -0.4 is 15.8 Å². The number of alkyl halides is 1. The highest BCUT2D eigenvalue weighted by molar-refractivity contribution is 5.76. The molecule has 1 fully saturated rings. The summed E-state index contributed by atoms with van der Waals surface area (Å²) in [6.07, 6.45) is 1.34. The average molecular weight is 353 g/mol. The summed E-state index contributed by atoms with van der Waals surface area (Å²) >= 11 is 0. The van der Waals surface area contributed by atoms with Gasteiger partial charge >= 0.3 is 5.63 Å². The Balaban J connectivity index is 1.80. The summed E-state index contributed by atoms with van der Waals surface area (Å²) in [5.74, 6) is -1.27. The number of hydrogen-bond donors (Lipinski definition) is 1. The zero-order valence-electron chi connectivity index (χ0n) is 13.3. The molecule has 0 bridgehead atoms. The normalized spacial score (nSPS) is 14.6. The lowest BCUT2D eigenvalue weighted by molar-refractivity contribution is -0.122. The second-order valence-electron chi connectivity index (χ2n) is 5.50. The van der Waals surface area contributed by atoms with Crippen LogP contribution in [0.25, 0.3) is 11.1 Å². The fourth-order valence-corrected chi connectivity index (χ4v) is 2.60. The van der Waals surface area contributed by atoms with Gasteiger partial charge in [0.25, 0.3) is 5.91 Å². The first-order valence-electron chi connectivity index (χ1n) is 7.74. The molecule has 134 valence electrons. The number of halogens is 2. The molecule has 1 saturated heterocycles. The maximum absolute atomic E-state index is 14.4. The summed E-state index contributed by atoms with van der Waals surface area (Å²) < 4.78 is 37.8. The number of benzene rings is 1. The smallest absolute Gasteiger partial charge is 0.365 e. The summed E-state index contributed by atoms with van der Waals surface area (Å²) in [7, 11) is 0. The van der Waals surface area contributed by atoms with Gasteiger partial charge in [-0.15, -0.1) is 0 Å². The quantitative estimate of drug-likeness (QED) is 0.872. The van der Waals surface area contributed by atoms with E-state index in [1.165, 1.54) is 12.3 Å². The van der Waals surface area contributed by atoms with Crippen molar-refractivity contribution in [3.05, 3.63) is 40.6 Å². The molecule has 0 aliphatic carbocycles. The summed E-state index contributed by atoms with van der Waals surface area (Å²) in [6.45, 7) is 0.932. The number of aromatic nitrogens is 1. The molecular formula is C16H17F2N3O4. The predicted molar refractivity (Wildman–Crippen MR) is 85.5 cm³/mol. The lowest BCUT2D eigenvalue weighted by atomic mass is 10.1. The summed E-state index contributed by atoms with van der Waals surface area (Å²) in [5, 5.41) is 2.23. The lowest BCUT2D eigenvalue weighted by Crippen LogP contribution is -2.36. The van der Waals surface area contributed by atoms with E-state index >= 15 is 0 Å². The first kappa shape index (κ1) is 17.2. The number of morpholine rings is 1. The number of anilines is 1. The van der Waals surface area contributed by atoms with Crippen molar-refractivity contribution in [1.29, 1.82) is 0 Å². The standard InChI is InChI=1S/C16H17F2N3O4/c17-8-15(22)19-10-21-9-12(16(23)25-21)11-1-2-14(13(18)7-11)20-3-5-24-6-4-20/h1-2,7,9H,3-6,8,10H2,(H,19,22). The van der Waals surface area contributed by atoms with Crippen LogP contribution in [0.2, 0.25) is 0 Å². The van der Waals surface area contributed by atoms with Gasteiger partial charge in [0.2, 0.25) is 0 Å². The third-order valence-corrected chi connectivity index (χ3v) is 3.86. The number of nitrogens with zero attached hydrogens (tertiary/aromatic N) is 2. The van der Waals surface area contributed by atoms with Crippen LogP contribution >= 0.6 is 0 Å². The molecule has 0 saturated carbocycles. The Bertz CT molecular complexity index is 812. The van der Waals surface area contributed by atoms with E-state index in [2.05, 4.69) is 5.32 Å². The fraction of sp³-hybridized carbons (Fsp3) is 0.375. The molecule has 25 heavy (non-hydrogen) atoms. The molecule has 3 rings (SSSR count). The first-order valence-corrected chi connectivity index (χ1v) is 7.74. The van der Waals surface area contributed by atoms with Crippen LogP contribution in [0.4, 0.5) is 14.5 Å². The Morgan fingerprint density at radius 2 is 2.04 bits per heavy atom. The monoisotopic (exact) mass is 353 g/mol. The first-order chi connectivity index (χ1) is 12.1. The van der Waals surface area contributed by atoms with Crippen molar-refractivity contribution >= 4 is 11.6 Å². The minimum Gasteiger partial charge on any atom is -0.378 e. The molecule has 1 aliphatic rings. The number of rotatable bonds is 5. The largest absolute Gasteiger partial charge is 0.378 e. The van der Waals surface area contributed by atoms with E-state index < -0.39 is 24.0 Å². The van der Waals surface area contributed by atoms with Crippen LogP contribution in [-0.4, -0.2) is 43.6 Å². The average Bonchev–Trinajstić information content (AvgIpc) is 3.01. The number of carbonyl (C=O) groups is 1. The van der Waals surface area contributed by atoms with Crippen molar-refractivity contribution in [3.8, 4) is 11.1 Å². The zero-order valence-corrected chi connectivity index (χ0v) is 13.3. The highest BCUT2D eigenvalue weighted by Crippen LogP contribution is 2.25. The minimum absolute atomic E-state index is 0.155. The fourth-order valence-electron chi connectivity index (χ4n) is 2.60. The Morgan fingerprint density at radius 3 is 2.72 bits per heavy atom. The Hall–Kier alpha value is -2.68. The molecule has 2 aromatic rings. The molecule has 0 spiro atoms. The van der Waals surface area contributed by atoms with Gasteiger partial charge in [0.1, 0.15) is 12.5 Å².